The second kappa shape index (κ2) is 7.09. The van der Waals surface area contributed by atoms with E-state index in [1.54, 1.807) is 23.1 Å². The molecule has 6 heteroatoms. The molecule has 5 rings (SSSR count). The first-order chi connectivity index (χ1) is 13.3. The number of nitrogens with zero attached hydrogens (tertiary/aromatic N) is 3. The van der Waals surface area contributed by atoms with Gasteiger partial charge in [0.1, 0.15) is 5.01 Å². The van der Waals surface area contributed by atoms with Gasteiger partial charge in [0.15, 0.2) is 5.16 Å². The number of rotatable bonds is 4. The van der Waals surface area contributed by atoms with E-state index in [1.165, 1.54) is 17.5 Å². The van der Waals surface area contributed by atoms with Crippen LogP contribution in [0.1, 0.15) is 36.7 Å². The highest BCUT2D eigenvalue weighted by atomic mass is 32.2. The molecule has 0 radical (unpaired) electrons. The Bertz CT molecular complexity index is 1140. The van der Waals surface area contributed by atoms with Crippen LogP contribution in [0, 0.1) is 0 Å². The number of fused-ring (bicyclic) bond motifs is 2. The molecule has 2 aromatic heterocycles. The lowest BCUT2D eigenvalue weighted by atomic mass is 10.2. The van der Waals surface area contributed by atoms with Gasteiger partial charge in [0.25, 0.3) is 5.56 Å². The third kappa shape index (κ3) is 3.17. The summed E-state index contributed by atoms with van der Waals surface area (Å²) in [4.78, 5) is 22.8. The van der Waals surface area contributed by atoms with E-state index in [9.17, 15) is 4.79 Å². The monoisotopic (exact) mass is 393 g/mol. The van der Waals surface area contributed by atoms with Gasteiger partial charge >= 0.3 is 0 Å². The van der Waals surface area contributed by atoms with Crippen molar-refractivity contribution in [3.05, 3.63) is 63.9 Å². The van der Waals surface area contributed by atoms with Gasteiger partial charge in [-0.05, 0) is 37.1 Å². The minimum Gasteiger partial charge on any atom is -0.284 e. The summed E-state index contributed by atoms with van der Waals surface area (Å²) in [6, 6.07) is 16.1. The predicted octanol–water partition coefficient (Wildman–Crippen LogP) is 5.41. The Morgan fingerprint density at radius 3 is 2.56 bits per heavy atom. The van der Waals surface area contributed by atoms with E-state index in [-0.39, 0.29) is 11.6 Å². The molecule has 136 valence electrons. The summed E-state index contributed by atoms with van der Waals surface area (Å²) in [6.07, 6.45) is 4.50. The van der Waals surface area contributed by atoms with Crippen molar-refractivity contribution in [1.29, 1.82) is 0 Å². The van der Waals surface area contributed by atoms with Gasteiger partial charge in [-0.25, -0.2) is 9.97 Å². The number of hydrogen-bond acceptors (Lipinski definition) is 5. The number of benzene rings is 2. The zero-order chi connectivity index (χ0) is 18.2. The summed E-state index contributed by atoms with van der Waals surface area (Å²) >= 11 is 3.35. The number of aromatic nitrogens is 3. The van der Waals surface area contributed by atoms with Crippen LogP contribution >= 0.6 is 23.1 Å². The molecule has 1 aliphatic carbocycles. The quantitative estimate of drug-likeness (QED) is 0.343. The highest BCUT2D eigenvalue weighted by Gasteiger charge is 2.23. The molecule has 0 aliphatic heterocycles. The Hall–Kier alpha value is -2.18. The third-order valence-corrected chi connectivity index (χ3v) is 7.31. The lowest BCUT2D eigenvalue weighted by Gasteiger charge is -2.18. The Kier molecular flexibility index (Phi) is 4.45. The molecule has 0 amide bonds. The second-order valence-corrected chi connectivity index (χ2v) is 8.95. The van der Waals surface area contributed by atoms with Gasteiger partial charge in [-0.2, -0.15) is 0 Å². The molecular weight excluding hydrogens is 374 g/mol. The Balaban J connectivity index is 1.54. The molecule has 1 saturated carbocycles. The summed E-state index contributed by atoms with van der Waals surface area (Å²) in [5.41, 5.74) is 1.92. The van der Waals surface area contributed by atoms with E-state index in [4.69, 9.17) is 9.97 Å². The summed E-state index contributed by atoms with van der Waals surface area (Å²) < 4.78 is 3.15. The van der Waals surface area contributed by atoms with Gasteiger partial charge in [0.2, 0.25) is 0 Å². The van der Waals surface area contributed by atoms with Crippen molar-refractivity contribution < 1.29 is 0 Å². The molecule has 0 unspecified atom stereocenters. The average Bonchev–Trinajstić information content (AvgIpc) is 3.36. The standard InChI is InChI=1S/C21H19N3OS2/c25-20-15-9-3-4-10-16(15)23-21(24(20)14-7-1-2-8-14)26-13-19-22-17-11-5-6-12-18(17)27-19/h3-6,9-12,14H,1-2,7-8,13H2. The average molecular weight is 394 g/mol. The SMILES string of the molecule is O=c1c2ccccc2nc(SCc2nc3ccccc3s2)n1C1CCCC1. The van der Waals surface area contributed by atoms with Crippen LogP contribution in [0.5, 0.6) is 0 Å². The molecule has 4 aromatic rings. The second-order valence-electron chi connectivity index (χ2n) is 6.89. The zero-order valence-corrected chi connectivity index (χ0v) is 16.4. The van der Waals surface area contributed by atoms with Gasteiger partial charge in [-0.15, -0.1) is 11.3 Å². The predicted molar refractivity (Wildman–Crippen MR) is 113 cm³/mol. The maximum Gasteiger partial charge on any atom is 0.262 e. The maximum absolute atomic E-state index is 13.2. The van der Waals surface area contributed by atoms with Crippen molar-refractivity contribution >= 4 is 44.2 Å². The highest BCUT2D eigenvalue weighted by molar-refractivity contribution is 7.98. The molecule has 2 heterocycles. The molecule has 4 nitrogen and oxygen atoms in total. The van der Waals surface area contributed by atoms with Gasteiger partial charge < -0.3 is 0 Å². The third-order valence-electron chi connectivity index (χ3n) is 5.13. The van der Waals surface area contributed by atoms with Gasteiger partial charge in [0, 0.05) is 6.04 Å². The van der Waals surface area contributed by atoms with Crippen LogP contribution in [0.15, 0.2) is 58.5 Å². The first-order valence-electron chi connectivity index (χ1n) is 9.28. The van der Waals surface area contributed by atoms with E-state index >= 15 is 0 Å². The van der Waals surface area contributed by atoms with Gasteiger partial charge in [0.05, 0.1) is 26.9 Å². The summed E-state index contributed by atoms with van der Waals surface area (Å²) in [5.74, 6) is 0.733. The molecule has 0 atom stereocenters. The molecule has 2 aromatic carbocycles. The van der Waals surface area contributed by atoms with E-state index in [0.29, 0.717) is 5.39 Å². The van der Waals surface area contributed by atoms with Crippen molar-refractivity contribution in [3.63, 3.8) is 0 Å². The summed E-state index contributed by atoms with van der Waals surface area (Å²) in [7, 11) is 0. The van der Waals surface area contributed by atoms with Crippen LogP contribution in [-0.2, 0) is 5.75 Å². The molecule has 1 aliphatic rings. The van der Waals surface area contributed by atoms with E-state index < -0.39 is 0 Å². The Labute approximate surface area is 165 Å². The van der Waals surface area contributed by atoms with E-state index in [1.807, 2.05) is 47.0 Å². The Morgan fingerprint density at radius 2 is 1.74 bits per heavy atom. The number of thiazole rings is 1. The Morgan fingerprint density at radius 1 is 1.00 bits per heavy atom. The molecule has 0 N–H and O–H groups in total. The lowest BCUT2D eigenvalue weighted by molar-refractivity contribution is 0.457. The molecular formula is C21H19N3OS2. The molecule has 0 bridgehead atoms. The minimum absolute atomic E-state index is 0.0966. The lowest BCUT2D eigenvalue weighted by Crippen LogP contribution is -2.26. The van der Waals surface area contributed by atoms with Crippen molar-refractivity contribution in [2.45, 2.75) is 42.6 Å². The molecule has 0 spiro atoms. The van der Waals surface area contributed by atoms with Crippen LogP contribution in [0.4, 0.5) is 0 Å². The van der Waals surface area contributed by atoms with Crippen LogP contribution in [0.25, 0.3) is 21.1 Å². The fraction of sp³-hybridized carbons (Fsp3) is 0.286. The van der Waals surface area contributed by atoms with Gasteiger partial charge in [-0.1, -0.05) is 48.9 Å². The van der Waals surface area contributed by atoms with Crippen molar-refractivity contribution in [2.24, 2.45) is 0 Å². The van der Waals surface area contributed by atoms with Crippen molar-refractivity contribution in [2.75, 3.05) is 0 Å². The van der Waals surface area contributed by atoms with Crippen molar-refractivity contribution in [1.82, 2.24) is 14.5 Å². The smallest absolute Gasteiger partial charge is 0.262 e. The van der Waals surface area contributed by atoms with E-state index in [0.717, 1.165) is 39.8 Å². The molecule has 0 saturated heterocycles. The van der Waals surface area contributed by atoms with Crippen LogP contribution in [0.3, 0.4) is 0 Å². The normalized spacial score (nSPS) is 15.1. The fourth-order valence-corrected chi connectivity index (χ4v) is 5.85. The zero-order valence-electron chi connectivity index (χ0n) is 14.8. The minimum atomic E-state index is 0.0966. The fourth-order valence-electron chi connectivity index (χ4n) is 3.82. The summed E-state index contributed by atoms with van der Waals surface area (Å²) in [6.45, 7) is 0. The van der Waals surface area contributed by atoms with Crippen LogP contribution in [-0.4, -0.2) is 14.5 Å². The van der Waals surface area contributed by atoms with Crippen LogP contribution in [0.2, 0.25) is 0 Å². The topological polar surface area (TPSA) is 47.8 Å². The van der Waals surface area contributed by atoms with Crippen LogP contribution < -0.4 is 5.56 Å². The highest BCUT2D eigenvalue weighted by Crippen LogP contribution is 2.34. The first-order valence-corrected chi connectivity index (χ1v) is 11.1. The number of thioether (sulfide) groups is 1. The molecule has 27 heavy (non-hydrogen) atoms. The van der Waals surface area contributed by atoms with Gasteiger partial charge in [-0.3, -0.25) is 9.36 Å². The maximum atomic E-state index is 13.2. The molecule has 1 fully saturated rings. The largest absolute Gasteiger partial charge is 0.284 e. The number of hydrogen-bond donors (Lipinski definition) is 0. The number of para-hydroxylation sites is 2. The van der Waals surface area contributed by atoms with Crippen molar-refractivity contribution in [3.8, 4) is 0 Å². The summed E-state index contributed by atoms with van der Waals surface area (Å²) in [5, 5.41) is 2.61. The van der Waals surface area contributed by atoms with E-state index in [2.05, 4.69) is 6.07 Å². The first kappa shape index (κ1) is 17.0.